The van der Waals surface area contributed by atoms with Crippen molar-refractivity contribution in [3.05, 3.63) is 54.4 Å². The number of aromatic nitrogens is 4. The van der Waals surface area contributed by atoms with Crippen molar-refractivity contribution in [2.45, 2.75) is 37.3 Å². The van der Waals surface area contributed by atoms with Crippen LogP contribution in [0.5, 0.6) is 0 Å². The molecule has 0 saturated heterocycles. The summed E-state index contributed by atoms with van der Waals surface area (Å²) in [4.78, 5) is 17.6. The Hall–Kier alpha value is -3.60. The SMILES string of the molecule is NC(=O)c1ccc(N[C@H]2[C@@H](N)CCCC2(F)F)nc1Nc1cccc(-n2nccn2)c1. The molecule has 11 heteroatoms. The summed E-state index contributed by atoms with van der Waals surface area (Å²) >= 11 is 0. The number of nitrogens with zero attached hydrogens (tertiary/aromatic N) is 4. The molecule has 1 aliphatic rings. The molecular weight excluding hydrogens is 406 g/mol. The Morgan fingerprint density at radius 1 is 1.19 bits per heavy atom. The Labute approximate surface area is 176 Å². The summed E-state index contributed by atoms with van der Waals surface area (Å²) in [6.07, 6.45) is 3.72. The van der Waals surface area contributed by atoms with Crippen molar-refractivity contribution in [2.75, 3.05) is 10.6 Å². The van der Waals surface area contributed by atoms with Gasteiger partial charge in [0.05, 0.1) is 23.6 Å². The molecule has 1 amide bonds. The number of alkyl halides is 2. The fourth-order valence-corrected chi connectivity index (χ4v) is 3.61. The summed E-state index contributed by atoms with van der Waals surface area (Å²) in [5.41, 5.74) is 12.8. The van der Waals surface area contributed by atoms with Crippen molar-refractivity contribution in [3.63, 3.8) is 0 Å². The van der Waals surface area contributed by atoms with E-state index in [1.165, 1.54) is 16.9 Å². The highest BCUT2D eigenvalue weighted by atomic mass is 19.3. The van der Waals surface area contributed by atoms with Gasteiger partial charge in [-0.3, -0.25) is 4.79 Å². The Bertz CT molecular complexity index is 1070. The summed E-state index contributed by atoms with van der Waals surface area (Å²) < 4.78 is 28.7. The highest BCUT2D eigenvalue weighted by molar-refractivity contribution is 5.98. The van der Waals surface area contributed by atoms with E-state index < -0.39 is 23.9 Å². The molecular formula is C20H22F2N8O. The summed E-state index contributed by atoms with van der Waals surface area (Å²) in [7, 11) is 0. The smallest absolute Gasteiger partial charge is 0.269 e. The van der Waals surface area contributed by atoms with E-state index in [0.29, 0.717) is 24.2 Å². The molecule has 2 aromatic heterocycles. The molecule has 0 aliphatic heterocycles. The number of anilines is 3. The molecule has 9 nitrogen and oxygen atoms in total. The highest BCUT2D eigenvalue weighted by Gasteiger charge is 2.45. The third-order valence-corrected chi connectivity index (χ3v) is 5.15. The maximum Gasteiger partial charge on any atom is 0.269 e. The van der Waals surface area contributed by atoms with E-state index in [4.69, 9.17) is 11.5 Å². The minimum atomic E-state index is -2.96. The molecule has 0 radical (unpaired) electrons. The average Bonchev–Trinajstić information content (AvgIpc) is 3.26. The maximum absolute atomic E-state index is 14.4. The standard InChI is InChI=1S/C20H22F2N8O/c21-20(22)8-2-5-15(23)17(20)28-16-7-6-14(18(24)31)19(29-16)27-12-3-1-4-13(11-12)30-25-9-10-26-30/h1,3-4,6-7,9-11,15,17H,2,5,8,23H2,(H2,24,31)(H2,27,28,29)/t15-,17-/m0/s1. The number of amides is 1. The number of primary amides is 1. The molecule has 0 bridgehead atoms. The molecule has 2 atom stereocenters. The van der Waals surface area contributed by atoms with Crippen LogP contribution in [0.3, 0.4) is 0 Å². The summed E-state index contributed by atoms with van der Waals surface area (Å²) in [6.45, 7) is 0. The molecule has 1 saturated carbocycles. The Morgan fingerprint density at radius 2 is 1.97 bits per heavy atom. The van der Waals surface area contributed by atoms with Gasteiger partial charge in [0.1, 0.15) is 17.7 Å². The number of carbonyl (C=O) groups excluding carboxylic acids is 1. The second kappa shape index (κ2) is 8.26. The van der Waals surface area contributed by atoms with Crippen LogP contribution in [0, 0.1) is 0 Å². The quantitative estimate of drug-likeness (QED) is 0.473. The zero-order valence-electron chi connectivity index (χ0n) is 16.5. The monoisotopic (exact) mass is 428 g/mol. The molecule has 2 heterocycles. The summed E-state index contributed by atoms with van der Waals surface area (Å²) in [5, 5.41) is 13.9. The van der Waals surface area contributed by atoms with Gasteiger partial charge in [-0.15, -0.1) is 0 Å². The van der Waals surface area contributed by atoms with Crippen molar-refractivity contribution in [3.8, 4) is 5.69 Å². The maximum atomic E-state index is 14.4. The van der Waals surface area contributed by atoms with Gasteiger partial charge in [-0.25, -0.2) is 13.8 Å². The number of nitrogens with two attached hydrogens (primary N) is 2. The van der Waals surface area contributed by atoms with Crippen LogP contribution in [0.15, 0.2) is 48.8 Å². The third kappa shape index (κ3) is 4.45. The summed E-state index contributed by atoms with van der Waals surface area (Å²) in [6, 6.07) is 7.99. The first kappa shape index (κ1) is 20.7. The molecule has 6 N–H and O–H groups in total. The van der Waals surface area contributed by atoms with Gasteiger partial charge >= 0.3 is 0 Å². The van der Waals surface area contributed by atoms with E-state index in [1.807, 2.05) is 0 Å². The van der Waals surface area contributed by atoms with Gasteiger partial charge in [-0.1, -0.05) is 6.07 Å². The molecule has 3 aromatic rings. The fraction of sp³-hybridized carbons (Fsp3) is 0.300. The number of halogens is 2. The minimum absolute atomic E-state index is 0.118. The van der Waals surface area contributed by atoms with Crippen molar-refractivity contribution < 1.29 is 13.6 Å². The number of carbonyl (C=O) groups is 1. The minimum Gasteiger partial charge on any atom is -0.365 e. The molecule has 1 fully saturated rings. The Balaban J connectivity index is 1.63. The van der Waals surface area contributed by atoms with Crippen molar-refractivity contribution in [1.82, 2.24) is 20.0 Å². The van der Waals surface area contributed by atoms with E-state index in [-0.39, 0.29) is 23.6 Å². The van der Waals surface area contributed by atoms with Gasteiger partial charge in [0.15, 0.2) is 0 Å². The van der Waals surface area contributed by atoms with E-state index in [9.17, 15) is 13.6 Å². The highest BCUT2D eigenvalue weighted by Crippen LogP contribution is 2.35. The van der Waals surface area contributed by atoms with Crippen LogP contribution in [-0.2, 0) is 0 Å². The molecule has 1 aliphatic carbocycles. The van der Waals surface area contributed by atoms with Crippen LogP contribution in [-0.4, -0.2) is 43.9 Å². The van der Waals surface area contributed by atoms with Gasteiger partial charge in [-0.2, -0.15) is 15.0 Å². The number of rotatable bonds is 6. The van der Waals surface area contributed by atoms with Crippen LogP contribution in [0.1, 0.15) is 29.6 Å². The molecule has 1 aromatic carbocycles. The van der Waals surface area contributed by atoms with Gasteiger partial charge < -0.3 is 22.1 Å². The van der Waals surface area contributed by atoms with Gasteiger partial charge in [0.2, 0.25) is 0 Å². The Kier molecular flexibility index (Phi) is 5.51. The predicted molar refractivity (Wildman–Crippen MR) is 112 cm³/mol. The number of hydrogen-bond acceptors (Lipinski definition) is 7. The lowest BCUT2D eigenvalue weighted by atomic mass is 9.87. The second-order valence-corrected chi connectivity index (χ2v) is 7.39. The zero-order chi connectivity index (χ0) is 22.0. The second-order valence-electron chi connectivity index (χ2n) is 7.39. The zero-order valence-corrected chi connectivity index (χ0v) is 16.5. The predicted octanol–water partition coefficient (Wildman–Crippen LogP) is 2.43. The molecule has 0 unspecified atom stereocenters. The van der Waals surface area contributed by atoms with Crippen LogP contribution in [0.2, 0.25) is 0 Å². The largest absolute Gasteiger partial charge is 0.365 e. The first-order valence-corrected chi connectivity index (χ1v) is 9.78. The van der Waals surface area contributed by atoms with Gasteiger partial charge in [0, 0.05) is 18.2 Å². The lowest BCUT2D eigenvalue weighted by Gasteiger charge is -2.36. The van der Waals surface area contributed by atoms with E-state index >= 15 is 0 Å². The molecule has 4 rings (SSSR count). The number of hydrogen-bond donors (Lipinski definition) is 4. The first-order valence-electron chi connectivity index (χ1n) is 9.78. The molecule has 0 spiro atoms. The van der Waals surface area contributed by atoms with Crippen LogP contribution in [0.4, 0.5) is 26.1 Å². The van der Waals surface area contributed by atoms with Crippen LogP contribution >= 0.6 is 0 Å². The number of benzene rings is 1. The average molecular weight is 428 g/mol. The normalized spacial score (nSPS) is 20.2. The van der Waals surface area contributed by atoms with Crippen molar-refractivity contribution in [2.24, 2.45) is 11.5 Å². The van der Waals surface area contributed by atoms with E-state index in [2.05, 4.69) is 25.8 Å². The van der Waals surface area contributed by atoms with Gasteiger partial charge in [0.25, 0.3) is 11.8 Å². The number of pyridine rings is 1. The van der Waals surface area contributed by atoms with E-state index in [0.717, 1.165) is 0 Å². The van der Waals surface area contributed by atoms with Gasteiger partial charge in [-0.05, 0) is 43.2 Å². The molecule has 162 valence electrons. The van der Waals surface area contributed by atoms with E-state index in [1.54, 1.807) is 36.7 Å². The number of nitrogens with one attached hydrogen (secondary N) is 2. The molecule has 31 heavy (non-hydrogen) atoms. The summed E-state index contributed by atoms with van der Waals surface area (Å²) in [5.74, 6) is -3.36. The first-order chi connectivity index (χ1) is 14.8. The van der Waals surface area contributed by atoms with Crippen LogP contribution < -0.4 is 22.1 Å². The lowest BCUT2D eigenvalue weighted by Crippen LogP contribution is -2.55. The van der Waals surface area contributed by atoms with Crippen molar-refractivity contribution >= 4 is 23.2 Å². The van der Waals surface area contributed by atoms with Crippen molar-refractivity contribution in [1.29, 1.82) is 0 Å². The topological polar surface area (TPSA) is 137 Å². The fourth-order valence-electron chi connectivity index (χ4n) is 3.61. The third-order valence-electron chi connectivity index (χ3n) is 5.15. The van der Waals surface area contributed by atoms with Crippen LogP contribution in [0.25, 0.3) is 5.69 Å². The lowest BCUT2D eigenvalue weighted by molar-refractivity contribution is -0.0511. The Morgan fingerprint density at radius 3 is 2.68 bits per heavy atom.